The number of ether oxygens (including phenoxy) is 1. The zero-order chi connectivity index (χ0) is 19.5. The molecule has 8 nitrogen and oxygen atoms in total. The van der Waals surface area contributed by atoms with Crippen LogP contribution in [-0.4, -0.2) is 44.8 Å². The van der Waals surface area contributed by atoms with Gasteiger partial charge in [-0.3, -0.25) is 4.79 Å². The van der Waals surface area contributed by atoms with Crippen molar-refractivity contribution >= 4 is 34.1 Å². The van der Waals surface area contributed by atoms with E-state index in [9.17, 15) is 4.79 Å². The van der Waals surface area contributed by atoms with E-state index in [1.54, 1.807) is 25.3 Å². The predicted molar refractivity (Wildman–Crippen MR) is 106 cm³/mol. The van der Waals surface area contributed by atoms with Crippen LogP contribution in [0.3, 0.4) is 0 Å². The molecule has 0 spiro atoms. The molecule has 2 heterocycles. The Balaban J connectivity index is 1.72. The summed E-state index contributed by atoms with van der Waals surface area (Å²) in [5.41, 5.74) is 2.62. The van der Waals surface area contributed by atoms with Gasteiger partial charge in [0.1, 0.15) is 5.69 Å². The van der Waals surface area contributed by atoms with Crippen molar-refractivity contribution in [3.63, 3.8) is 0 Å². The first-order chi connectivity index (χ1) is 13.7. The average Bonchev–Trinajstić information content (AvgIpc) is 3.35. The number of hydrogen-bond donors (Lipinski definition) is 2. The minimum absolute atomic E-state index is 0.251. The third-order valence-electron chi connectivity index (χ3n) is 4.38. The van der Waals surface area contributed by atoms with Gasteiger partial charge in [0.2, 0.25) is 5.82 Å². The lowest BCUT2D eigenvalue weighted by Gasteiger charge is -2.12. The molecule has 1 amide bonds. The first kappa shape index (κ1) is 18.1. The highest BCUT2D eigenvalue weighted by molar-refractivity contribution is 6.31. The summed E-state index contributed by atoms with van der Waals surface area (Å²) >= 11 is 6.11. The number of benzene rings is 2. The van der Waals surface area contributed by atoms with Crippen LogP contribution in [0.1, 0.15) is 10.5 Å². The molecule has 4 aromatic rings. The van der Waals surface area contributed by atoms with E-state index in [0.29, 0.717) is 40.9 Å². The number of para-hydroxylation sites is 1. The number of nitrogens with zero attached hydrogens (tertiary/aromatic N) is 4. The monoisotopic (exact) mass is 396 g/mol. The Labute approximate surface area is 165 Å². The molecular formula is C19H17ClN6O2. The molecule has 2 N–H and O–H groups in total. The van der Waals surface area contributed by atoms with Crippen LogP contribution >= 0.6 is 11.6 Å². The second kappa shape index (κ2) is 7.79. The lowest BCUT2D eigenvalue weighted by Crippen LogP contribution is -2.19. The highest BCUT2D eigenvalue weighted by atomic mass is 35.5. The van der Waals surface area contributed by atoms with E-state index in [0.717, 1.165) is 10.9 Å². The SMILES string of the molecule is COCCn1c(C(=O)Nc2ccc(Cl)cc2-c2nn[nH]n2)cc2ccccc21. The van der Waals surface area contributed by atoms with Gasteiger partial charge in [0, 0.05) is 35.1 Å². The number of aromatic nitrogens is 5. The maximum atomic E-state index is 13.1. The molecule has 0 bridgehead atoms. The number of halogens is 1. The molecule has 2 aromatic heterocycles. The van der Waals surface area contributed by atoms with Gasteiger partial charge in [-0.2, -0.15) is 5.21 Å². The lowest BCUT2D eigenvalue weighted by atomic mass is 10.1. The van der Waals surface area contributed by atoms with Gasteiger partial charge in [0.25, 0.3) is 5.91 Å². The molecule has 0 radical (unpaired) electrons. The van der Waals surface area contributed by atoms with E-state index >= 15 is 0 Å². The number of aromatic amines is 1. The quantitative estimate of drug-likeness (QED) is 0.520. The largest absolute Gasteiger partial charge is 0.383 e. The first-order valence-corrected chi connectivity index (χ1v) is 8.97. The smallest absolute Gasteiger partial charge is 0.272 e. The van der Waals surface area contributed by atoms with E-state index in [4.69, 9.17) is 16.3 Å². The highest BCUT2D eigenvalue weighted by Crippen LogP contribution is 2.29. The summed E-state index contributed by atoms with van der Waals surface area (Å²) < 4.78 is 7.15. The van der Waals surface area contributed by atoms with Crippen molar-refractivity contribution < 1.29 is 9.53 Å². The van der Waals surface area contributed by atoms with Gasteiger partial charge < -0.3 is 14.6 Å². The van der Waals surface area contributed by atoms with Crippen LogP contribution in [0.2, 0.25) is 5.02 Å². The number of H-pyrrole nitrogens is 1. The third-order valence-corrected chi connectivity index (χ3v) is 4.61. The van der Waals surface area contributed by atoms with Gasteiger partial charge in [-0.1, -0.05) is 29.8 Å². The summed E-state index contributed by atoms with van der Waals surface area (Å²) in [6.07, 6.45) is 0. The molecule has 0 aliphatic heterocycles. The van der Waals surface area contributed by atoms with E-state index in [2.05, 4.69) is 25.9 Å². The Morgan fingerprint density at radius 1 is 1.25 bits per heavy atom. The molecule has 0 saturated carbocycles. The fourth-order valence-electron chi connectivity index (χ4n) is 3.09. The zero-order valence-electron chi connectivity index (χ0n) is 15.0. The molecular weight excluding hydrogens is 380 g/mol. The van der Waals surface area contributed by atoms with E-state index in [-0.39, 0.29) is 5.91 Å². The molecule has 142 valence electrons. The van der Waals surface area contributed by atoms with Crippen LogP contribution < -0.4 is 5.32 Å². The number of methoxy groups -OCH3 is 1. The fraction of sp³-hybridized carbons (Fsp3) is 0.158. The molecule has 28 heavy (non-hydrogen) atoms. The van der Waals surface area contributed by atoms with Crippen LogP contribution in [-0.2, 0) is 11.3 Å². The van der Waals surface area contributed by atoms with Crippen LogP contribution in [0.4, 0.5) is 5.69 Å². The molecule has 0 saturated heterocycles. The maximum absolute atomic E-state index is 13.1. The minimum Gasteiger partial charge on any atom is -0.383 e. The number of nitrogens with one attached hydrogen (secondary N) is 2. The molecule has 2 aromatic carbocycles. The molecule has 0 aliphatic rings. The van der Waals surface area contributed by atoms with Crippen LogP contribution in [0, 0.1) is 0 Å². The highest BCUT2D eigenvalue weighted by Gasteiger charge is 2.18. The van der Waals surface area contributed by atoms with Crippen LogP contribution in [0.5, 0.6) is 0 Å². The topological polar surface area (TPSA) is 97.7 Å². The first-order valence-electron chi connectivity index (χ1n) is 8.59. The summed E-state index contributed by atoms with van der Waals surface area (Å²) in [4.78, 5) is 13.1. The van der Waals surface area contributed by atoms with Crippen LogP contribution in [0.25, 0.3) is 22.3 Å². The van der Waals surface area contributed by atoms with Crippen molar-refractivity contribution in [1.82, 2.24) is 25.2 Å². The average molecular weight is 397 g/mol. The molecule has 0 fully saturated rings. The molecule has 9 heteroatoms. The number of anilines is 1. The summed E-state index contributed by atoms with van der Waals surface area (Å²) in [7, 11) is 1.64. The Kier molecular flexibility index (Phi) is 5.05. The van der Waals surface area contributed by atoms with Crippen molar-refractivity contribution in [3.8, 4) is 11.4 Å². The zero-order valence-corrected chi connectivity index (χ0v) is 15.8. The normalized spacial score (nSPS) is 11.1. The van der Waals surface area contributed by atoms with Crippen LogP contribution in [0.15, 0.2) is 48.5 Å². The van der Waals surface area contributed by atoms with Gasteiger partial charge in [0.15, 0.2) is 0 Å². The summed E-state index contributed by atoms with van der Waals surface area (Å²) in [6, 6.07) is 14.8. The minimum atomic E-state index is -0.251. The molecule has 0 aliphatic carbocycles. The summed E-state index contributed by atoms with van der Waals surface area (Å²) in [5, 5.41) is 18.4. The fourth-order valence-corrected chi connectivity index (χ4v) is 3.27. The summed E-state index contributed by atoms with van der Waals surface area (Å²) in [5.74, 6) is 0.0945. The number of hydrogen-bond acceptors (Lipinski definition) is 5. The Hall–Kier alpha value is -3.23. The second-order valence-electron chi connectivity index (χ2n) is 6.11. The number of carbonyl (C=O) groups is 1. The summed E-state index contributed by atoms with van der Waals surface area (Å²) in [6.45, 7) is 1.05. The Morgan fingerprint density at radius 2 is 2.11 bits per heavy atom. The maximum Gasteiger partial charge on any atom is 0.272 e. The Bertz CT molecular complexity index is 1120. The van der Waals surface area contributed by atoms with Gasteiger partial charge in [0.05, 0.1) is 12.3 Å². The van der Waals surface area contributed by atoms with E-state index < -0.39 is 0 Å². The van der Waals surface area contributed by atoms with Gasteiger partial charge in [-0.15, -0.1) is 10.2 Å². The van der Waals surface area contributed by atoms with Crippen molar-refractivity contribution in [2.45, 2.75) is 6.54 Å². The number of fused-ring (bicyclic) bond motifs is 1. The number of tetrazole rings is 1. The van der Waals surface area contributed by atoms with Gasteiger partial charge >= 0.3 is 0 Å². The van der Waals surface area contributed by atoms with Crippen molar-refractivity contribution in [1.29, 1.82) is 0 Å². The number of amides is 1. The van der Waals surface area contributed by atoms with Crippen molar-refractivity contribution in [2.75, 3.05) is 19.0 Å². The Morgan fingerprint density at radius 3 is 2.89 bits per heavy atom. The molecule has 0 atom stereocenters. The lowest BCUT2D eigenvalue weighted by molar-refractivity contribution is 0.101. The molecule has 0 unspecified atom stereocenters. The number of rotatable bonds is 6. The van der Waals surface area contributed by atoms with Gasteiger partial charge in [-0.25, -0.2) is 0 Å². The van der Waals surface area contributed by atoms with Crippen molar-refractivity contribution in [3.05, 3.63) is 59.2 Å². The molecule has 4 rings (SSSR count). The third kappa shape index (κ3) is 3.47. The van der Waals surface area contributed by atoms with Gasteiger partial charge in [-0.05, 0) is 35.5 Å². The predicted octanol–water partition coefficient (Wildman–Crippen LogP) is 3.37. The second-order valence-corrected chi connectivity index (χ2v) is 6.55. The standard InChI is InChI=1S/C19H17ClN6O2/c1-28-9-8-26-16-5-3-2-4-12(16)10-17(26)19(27)21-15-7-6-13(20)11-14(15)18-22-24-25-23-18/h2-7,10-11H,8-9H2,1H3,(H,21,27)(H,22,23,24,25). The number of carbonyl (C=O) groups excluding carboxylic acids is 1. The van der Waals surface area contributed by atoms with Crippen molar-refractivity contribution in [2.24, 2.45) is 0 Å². The van der Waals surface area contributed by atoms with E-state index in [1.807, 2.05) is 34.9 Å². The van der Waals surface area contributed by atoms with E-state index in [1.165, 1.54) is 0 Å².